The van der Waals surface area contributed by atoms with Gasteiger partial charge in [0, 0.05) is 16.8 Å². The van der Waals surface area contributed by atoms with Crippen LogP contribution in [0.15, 0.2) is 42.5 Å². The lowest BCUT2D eigenvalue weighted by Crippen LogP contribution is -2.09. The molecule has 1 heterocycles. The number of hydrogen-bond acceptors (Lipinski definition) is 5. The van der Waals surface area contributed by atoms with E-state index in [1.807, 2.05) is 12.1 Å². The molecule has 2 aromatic carbocycles. The Balaban J connectivity index is 2.19. The summed E-state index contributed by atoms with van der Waals surface area (Å²) in [6, 6.07) is 12.1. The molecule has 1 aromatic heterocycles. The summed E-state index contributed by atoms with van der Waals surface area (Å²) >= 11 is 12.2. The number of fused-ring (bicyclic) bond motifs is 1. The predicted octanol–water partition coefficient (Wildman–Crippen LogP) is 4.48. The van der Waals surface area contributed by atoms with Gasteiger partial charge in [-0.3, -0.25) is 0 Å². The van der Waals surface area contributed by atoms with Crippen LogP contribution in [0.4, 0.5) is 0 Å². The SMILES string of the molecule is COc1ccc(Cl)c2cc(OS(C)(=O)=O)c(Cc3ccc(Cl)cc3)nc12. The van der Waals surface area contributed by atoms with Crippen LogP contribution in [0, 0.1) is 0 Å². The molecule has 0 spiro atoms. The molecule has 0 amide bonds. The Hall–Kier alpha value is -2.02. The number of aromatic nitrogens is 1. The van der Waals surface area contributed by atoms with Gasteiger partial charge in [0.1, 0.15) is 11.3 Å². The molecule has 8 heteroatoms. The van der Waals surface area contributed by atoms with Crippen LogP contribution in [0.3, 0.4) is 0 Å². The van der Waals surface area contributed by atoms with Crippen molar-refractivity contribution < 1.29 is 17.3 Å². The van der Waals surface area contributed by atoms with Gasteiger partial charge in [0.15, 0.2) is 5.75 Å². The summed E-state index contributed by atoms with van der Waals surface area (Å²) < 4.78 is 33.8. The molecule has 0 saturated heterocycles. The van der Waals surface area contributed by atoms with Crippen LogP contribution in [0.25, 0.3) is 10.9 Å². The zero-order valence-electron chi connectivity index (χ0n) is 14.0. The first-order chi connectivity index (χ1) is 12.3. The minimum absolute atomic E-state index is 0.130. The number of pyridine rings is 1. The molecule has 0 bridgehead atoms. The van der Waals surface area contributed by atoms with Crippen molar-refractivity contribution in [3.63, 3.8) is 0 Å². The third-order valence-electron chi connectivity index (χ3n) is 3.68. The Morgan fingerprint density at radius 1 is 1.04 bits per heavy atom. The first-order valence-electron chi connectivity index (χ1n) is 7.57. The Morgan fingerprint density at radius 2 is 1.73 bits per heavy atom. The number of halogens is 2. The summed E-state index contributed by atoms with van der Waals surface area (Å²) in [7, 11) is -2.20. The highest BCUT2D eigenvalue weighted by Crippen LogP contribution is 2.35. The fourth-order valence-electron chi connectivity index (χ4n) is 2.54. The number of hydrogen-bond donors (Lipinski definition) is 0. The van der Waals surface area contributed by atoms with E-state index in [1.54, 1.807) is 30.3 Å². The number of nitrogens with zero attached hydrogens (tertiary/aromatic N) is 1. The van der Waals surface area contributed by atoms with E-state index in [1.165, 1.54) is 7.11 Å². The zero-order chi connectivity index (χ0) is 18.9. The van der Waals surface area contributed by atoms with Gasteiger partial charge >= 0.3 is 10.1 Å². The van der Waals surface area contributed by atoms with E-state index in [-0.39, 0.29) is 5.75 Å². The van der Waals surface area contributed by atoms with E-state index in [4.69, 9.17) is 32.1 Å². The molecule has 0 atom stereocenters. The van der Waals surface area contributed by atoms with Crippen LogP contribution in [0.2, 0.25) is 10.0 Å². The van der Waals surface area contributed by atoms with E-state index in [2.05, 4.69) is 4.98 Å². The molecule has 0 unspecified atom stereocenters. The molecule has 3 aromatic rings. The van der Waals surface area contributed by atoms with E-state index >= 15 is 0 Å². The van der Waals surface area contributed by atoms with Gasteiger partial charge in [0.25, 0.3) is 0 Å². The fourth-order valence-corrected chi connectivity index (χ4v) is 3.35. The van der Waals surface area contributed by atoms with E-state index in [0.29, 0.717) is 38.8 Å². The Bertz CT molecular complexity index is 1070. The summed E-state index contributed by atoms with van der Waals surface area (Å²) in [6.45, 7) is 0. The highest BCUT2D eigenvalue weighted by molar-refractivity contribution is 7.86. The second kappa shape index (κ2) is 7.31. The minimum atomic E-state index is -3.73. The maximum Gasteiger partial charge on any atom is 0.306 e. The number of benzene rings is 2. The molecule has 0 aliphatic carbocycles. The van der Waals surface area contributed by atoms with E-state index in [9.17, 15) is 8.42 Å². The molecule has 5 nitrogen and oxygen atoms in total. The lowest BCUT2D eigenvalue weighted by atomic mass is 10.1. The lowest BCUT2D eigenvalue weighted by molar-refractivity contribution is 0.418. The van der Waals surface area contributed by atoms with Crippen LogP contribution >= 0.6 is 23.2 Å². The largest absolute Gasteiger partial charge is 0.494 e. The van der Waals surface area contributed by atoms with Crippen molar-refractivity contribution >= 4 is 44.2 Å². The Morgan fingerprint density at radius 3 is 2.35 bits per heavy atom. The Kier molecular flexibility index (Phi) is 5.27. The number of methoxy groups -OCH3 is 1. The predicted molar refractivity (Wildman–Crippen MR) is 103 cm³/mol. The van der Waals surface area contributed by atoms with Gasteiger partial charge in [-0.15, -0.1) is 0 Å². The third-order valence-corrected chi connectivity index (χ3v) is 4.74. The van der Waals surface area contributed by atoms with Crippen LogP contribution < -0.4 is 8.92 Å². The van der Waals surface area contributed by atoms with Crippen molar-refractivity contribution in [3.8, 4) is 11.5 Å². The molecular weight excluding hydrogens is 397 g/mol. The van der Waals surface area contributed by atoms with Gasteiger partial charge in [0.2, 0.25) is 0 Å². The third kappa shape index (κ3) is 4.20. The van der Waals surface area contributed by atoms with Crippen molar-refractivity contribution in [1.82, 2.24) is 4.98 Å². The molecule has 3 rings (SSSR count). The van der Waals surface area contributed by atoms with Gasteiger partial charge in [-0.05, 0) is 35.9 Å². The summed E-state index contributed by atoms with van der Waals surface area (Å²) in [5.41, 5.74) is 1.89. The van der Waals surface area contributed by atoms with Gasteiger partial charge < -0.3 is 8.92 Å². The summed E-state index contributed by atoms with van der Waals surface area (Å²) in [5, 5.41) is 1.58. The number of rotatable bonds is 5. The second-order valence-corrected chi connectivity index (χ2v) is 8.09. The molecule has 136 valence electrons. The van der Waals surface area contributed by atoms with Gasteiger partial charge in [0.05, 0.1) is 24.1 Å². The van der Waals surface area contributed by atoms with Crippen LogP contribution in [0.1, 0.15) is 11.3 Å². The topological polar surface area (TPSA) is 65.5 Å². The van der Waals surface area contributed by atoms with Crippen LogP contribution in [-0.4, -0.2) is 26.8 Å². The van der Waals surface area contributed by atoms with Crippen molar-refractivity contribution in [2.75, 3.05) is 13.4 Å². The van der Waals surface area contributed by atoms with Crippen molar-refractivity contribution in [2.45, 2.75) is 6.42 Å². The molecular formula is C18H15Cl2NO4S. The molecule has 0 N–H and O–H groups in total. The highest BCUT2D eigenvalue weighted by atomic mass is 35.5. The van der Waals surface area contributed by atoms with E-state index < -0.39 is 10.1 Å². The van der Waals surface area contributed by atoms with Crippen LogP contribution in [-0.2, 0) is 16.5 Å². The monoisotopic (exact) mass is 411 g/mol. The quantitative estimate of drug-likeness (QED) is 0.579. The summed E-state index contributed by atoms with van der Waals surface area (Å²) in [6.07, 6.45) is 1.34. The smallest absolute Gasteiger partial charge is 0.306 e. The molecule has 26 heavy (non-hydrogen) atoms. The van der Waals surface area contributed by atoms with Crippen molar-refractivity contribution in [3.05, 3.63) is 63.8 Å². The first kappa shape index (κ1) is 18.8. The molecule has 0 aliphatic heterocycles. The fraction of sp³-hybridized carbons (Fsp3) is 0.167. The average Bonchev–Trinajstić information content (AvgIpc) is 2.57. The maximum atomic E-state index is 11.7. The maximum absolute atomic E-state index is 11.7. The lowest BCUT2D eigenvalue weighted by Gasteiger charge is -2.13. The van der Waals surface area contributed by atoms with Crippen molar-refractivity contribution in [2.24, 2.45) is 0 Å². The number of ether oxygens (including phenoxy) is 1. The summed E-state index contributed by atoms with van der Waals surface area (Å²) in [5.74, 6) is 0.665. The van der Waals surface area contributed by atoms with E-state index in [0.717, 1.165) is 11.8 Å². The molecule has 0 fully saturated rings. The Labute approximate surface area is 161 Å². The molecule has 0 saturated carbocycles. The second-order valence-electron chi connectivity index (χ2n) is 5.67. The average molecular weight is 412 g/mol. The van der Waals surface area contributed by atoms with Gasteiger partial charge in [-0.1, -0.05) is 35.3 Å². The first-order valence-corrected chi connectivity index (χ1v) is 10.1. The molecule has 0 radical (unpaired) electrons. The minimum Gasteiger partial charge on any atom is -0.494 e. The van der Waals surface area contributed by atoms with Crippen LogP contribution in [0.5, 0.6) is 11.5 Å². The van der Waals surface area contributed by atoms with Gasteiger partial charge in [-0.2, -0.15) is 8.42 Å². The molecule has 0 aliphatic rings. The standard InChI is InChI=1S/C18H15Cl2NO4S/c1-24-16-8-7-14(20)13-10-17(25-26(2,22)23)15(21-18(13)16)9-11-3-5-12(19)6-4-11/h3-8,10H,9H2,1-2H3. The summed E-state index contributed by atoms with van der Waals surface area (Å²) in [4.78, 5) is 4.58. The zero-order valence-corrected chi connectivity index (χ0v) is 16.3. The highest BCUT2D eigenvalue weighted by Gasteiger charge is 2.17. The normalized spacial score (nSPS) is 11.5. The van der Waals surface area contributed by atoms with Gasteiger partial charge in [-0.25, -0.2) is 4.98 Å². The van der Waals surface area contributed by atoms with Crippen molar-refractivity contribution in [1.29, 1.82) is 0 Å².